The monoisotopic (exact) mass is 336 g/mol. The molecule has 0 atom stereocenters. The molecule has 0 unspecified atom stereocenters. The first-order chi connectivity index (χ1) is 10.4. The maximum absolute atomic E-state index is 10.5. The molecular weight excluding hydrogens is 304 g/mol. The van der Waals surface area contributed by atoms with Gasteiger partial charge in [0.25, 0.3) is 0 Å². The average molecular weight is 336 g/mol. The minimum atomic E-state index is -1.15. The van der Waals surface area contributed by atoms with Gasteiger partial charge in [0.05, 0.1) is 22.4 Å². The fourth-order valence-electron chi connectivity index (χ4n) is 2.25. The molecule has 0 aliphatic heterocycles. The molecule has 1 aliphatic rings. The van der Waals surface area contributed by atoms with E-state index in [2.05, 4.69) is 0 Å². The molecule has 0 saturated heterocycles. The first-order valence-electron chi connectivity index (χ1n) is 8.20. The zero-order chi connectivity index (χ0) is 19.1. The predicted octanol–water partition coefficient (Wildman–Crippen LogP) is 2.79. The summed E-state index contributed by atoms with van der Waals surface area (Å²) in [7, 11) is 0. The Kier molecular flexibility index (Phi) is 5.44. The standard InChI is InChI=1S/C20H32O4/c1-17(2,21)13-9-14(18(3,4)22)11-16(20(7,8)24)12-15(10-13)19(5,6)23/h9-12,21-24H,1-8H3/b13-9+,13-10?,14-9?,14-11+,15-10+,15-12?,16-11?,16-12+. The maximum atomic E-state index is 10.5. The van der Waals surface area contributed by atoms with E-state index in [0.717, 1.165) is 0 Å². The summed E-state index contributed by atoms with van der Waals surface area (Å²) in [5, 5.41) is 41.9. The Labute approximate surface area is 145 Å². The molecule has 0 bridgehead atoms. The van der Waals surface area contributed by atoms with E-state index < -0.39 is 22.4 Å². The Morgan fingerprint density at radius 1 is 0.417 bits per heavy atom. The normalized spacial score (nSPS) is 26.8. The lowest BCUT2D eigenvalue weighted by molar-refractivity contribution is 0.111. The number of rotatable bonds is 4. The summed E-state index contributed by atoms with van der Waals surface area (Å²) in [6, 6.07) is 0. The van der Waals surface area contributed by atoms with Crippen LogP contribution in [0.5, 0.6) is 0 Å². The average Bonchev–Trinajstić information content (AvgIpc) is 2.20. The molecule has 1 aliphatic carbocycles. The fraction of sp³-hybridized carbons (Fsp3) is 0.600. The Bertz CT molecular complexity index is 481. The van der Waals surface area contributed by atoms with Gasteiger partial charge in [-0.3, -0.25) is 0 Å². The third-order valence-corrected chi connectivity index (χ3v) is 4.07. The van der Waals surface area contributed by atoms with E-state index in [-0.39, 0.29) is 0 Å². The lowest BCUT2D eigenvalue weighted by Crippen LogP contribution is -2.30. The number of hydrogen-bond donors (Lipinski definition) is 4. The first kappa shape index (κ1) is 20.8. The molecule has 0 amide bonds. The third-order valence-electron chi connectivity index (χ3n) is 4.07. The molecule has 0 aromatic heterocycles. The van der Waals surface area contributed by atoms with Gasteiger partial charge in [-0.15, -0.1) is 0 Å². The van der Waals surface area contributed by atoms with Crippen molar-refractivity contribution in [3.8, 4) is 0 Å². The fourth-order valence-corrected chi connectivity index (χ4v) is 2.25. The highest BCUT2D eigenvalue weighted by atomic mass is 16.3. The van der Waals surface area contributed by atoms with Crippen molar-refractivity contribution in [2.24, 2.45) is 0 Å². The van der Waals surface area contributed by atoms with Gasteiger partial charge in [0.15, 0.2) is 0 Å². The summed E-state index contributed by atoms with van der Waals surface area (Å²) in [4.78, 5) is 0. The van der Waals surface area contributed by atoms with E-state index in [1.165, 1.54) is 0 Å². The van der Waals surface area contributed by atoms with Crippen LogP contribution in [0.15, 0.2) is 46.6 Å². The Balaban J connectivity index is 3.76. The lowest BCUT2D eigenvalue weighted by atomic mass is 9.81. The summed E-state index contributed by atoms with van der Waals surface area (Å²) in [5.41, 5.74) is -2.33. The predicted molar refractivity (Wildman–Crippen MR) is 97.5 cm³/mol. The van der Waals surface area contributed by atoms with Crippen LogP contribution in [-0.2, 0) is 0 Å². The number of aliphatic hydroxyl groups is 4. The number of hydrogen-bond acceptors (Lipinski definition) is 4. The smallest absolute Gasteiger partial charge is 0.0840 e. The summed E-state index contributed by atoms with van der Waals surface area (Å²) in [5.74, 6) is 0. The first-order valence-corrected chi connectivity index (χ1v) is 8.20. The van der Waals surface area contributed by atoms with Crippen molar-refractivity contribution in [1.29, 1.82) is 0 Å². The molecule has 0 heterocycles. The molecule has 0 spiro atoms. The van der Waals surface area contributed by atoms with Crippen molar-refractivity contribution in [3.63, 3.8) is 0 Å². The van der Waals surface area contributed by atoms with Crippen LogP contribution in [0, 0.1) is 0 Å². The topological polar surface area (TPSA) is 80.9 Å². The summed E-state index contributed by atoms with van der Waals surface area (Å²) in [6.07, 6.45) is 6.85. The highest BCUT2D eigenvalue weighted by Crippen LogP contribution is 2.34. The largest absolute Gasteiger partial charge is 0.386 e. The van der Waals surface area contributed by atoms with E-state index >= 15 is 0 Å². The van der Waals surface area contributed by atoms with E-state index in [0.29, 0.717) is 22.3 Å². The molecular formula is C20H32O4. The maximum Gasteiger partial charge on any atom is 0.0840 e. The van der Waals surface area contributed by atoms with Crippen LogP contribution in [0.1, 0.15) is 55.4 Å². The Morgan fingerprint density at radius 2 is 0.542 bits per heavy atom. The summed E-state index contributed by atoms with van der Waals surface area (Å²) in [6.45, 7) is 13.2. The van der Waals surface area contributed by atoms with Crippen molar-refractivity contribution in [1.82, 2.24) is 0 Å². The minimum Gasteiger partial charge on any atom is -0.386 e. The van der Waals surface area contributed by atoms with E-state index in [1.807, 2.05) is 0 Å². The highest BCUT2D eigenvalue weighted by Gasteiger charge is 2.30. The molecule has 0 aromatic carbocycles. The van der Waals surface area contributed by atoms with Crippen LogP contribution in [0.3, 0.4) is 0 Å². The molecule has 4 nitrogen and oxygen atoms in total. The second-order valence-corrected chi connectivity index (χ2v) is 8.63. The van der Waals surface area contributed by atoms with Crippen LogP contribution < -0.4 is 0 Å². The van der Waals surface area contributed by atoms with Crippen LogP contribution in [0.4, 0.5) is 0 Å². The zero-order valence-electron chi connectivity index (χ0n) is 16.1. The molecule has 136 valence electrons. The van der Waals surface area contributed by atoms with Crippen molar-refractivity contribution >= 4 is 0 Å². The molecule has 0 aromatic rings. The van der Waals surface area contributed by atoms with Crippen molar-refractivity contribution in [2.75, 3.05) is 0 Å². The van der Waals surface area contributed by atoms with Gasteiger partial charge in [-0.1, -0.05) is 24.3 Å². The highest BCUT2D eigenvalue weighted by molar-refractivity contribution is 5.52. The summed E-state index contributed by atoms with van der Waals surface area (Å²) >= 11 is 0. The second kappa shape index (κ2) is 6.26. The van der Waals surface area contributed by atoms with Crippen molar-refractivity contribution in [2.45, 2.75) is 77.8 Å². The van der Waals surface area contributed by atoms with Gasteiger partial charge in [0, 0.05) is 0 Å². The van der Waals surface area contributed by atoms with Crippen molar-refractivity contribution in [3.05, 3.63) is 46.6 Å². The Morgan fingerprint density at radius 3 is 0.625 bits per heavy atom. The molecule has 0 saturated carbocycles. The van der Waals surface area contributed by atoms with E-state index in [1.54, 1.807) is 79.7 Å². The van der Waals surface area contributed by atoms with Crippen LogP contribution >= 0.6 is 0 Å². The van der Waals surface area contributed by atoms with Crippen LogP contribution in [-0.4, -0.2) is 42.8 Å². The van der Waals surface area contributed by atoms with Crippen LogP contribution in [0.2, 0.25) is 0 Å². The molecule has 24 heavy (non-hydrogen) atoms. The van der Waals surface area contributed by atoms with E-state index in [9.17, 15) is 20.4 Å². The summed E-state index contributed by atoms with van der Waals surface area (Å²) < 4.78 is 0. The molecule has 1 rings (SSSR count). The van der Waals surface area contributed by atoms with Crippen molar-refractivity contribution < 1.29 is 20.4 Å². The van der Waals surface area contributed by atoms with Crippen LogP contribution in [0.25, 0.3) is 0 Å². The van der Waals surface area contributed by atoms with Gasteiger partial charge < -0.3 is 20.4 Å². The van der Waals surface area contributed by atoms with Gasteiger partial charge in [-0.05, 0) is 77.7 Å². The molecule has 0 fully saturated rings. The zero-order valence-corrected chi connectivity index (χ0v) is 16.1. The third kappa shape index (κ3) is 5.42. The van der Waals surface area contributed by atoms with E-state index in [4.69, 9.17) is 0 Å². The minimum absolute atomic E-state index is 0.569. The van der Waals surface area contributed by atoms with Gasteiger partial charge >= 0.3 is 0 Å². The van der Waals surface area contributed by atoms with Gasteiger partial charge in [0.2, 0.25) is 0 Å². The van der Waals surface area contributed by atoms with Gasteiger partial charge in [-0.25, -0.2) is 0 Å². The second-order valence-electron chi connectivity index (χ2n) is 8.63. The molecule has 4 heteroatoms. The quantitative estimate of drug-likeness (QED) is 0.636. The molecule has 0 radical (unpaired) electrons. The Hall–Kier alpha value is -1.20. The van der Waals surface area contributed by atoms with Gasteiger partial charge in [0.1, 0.15) is 0 Å². The SMILES string of the molecule is CC(C)(O)C1=C/C(C(C)(C)O)=C\C(C(C)(C)O)=C/C(C(C)(C)O)=C\1. The van der Waals surface area contributed by atoms with Gasteiger partial charge in [-0.2, -0.15) is 0 Å². The molecule has 4 N–H and O–H groups in total. The lowest BCUT2D eigenvalue weighted by Gasteiger charge is -2.31.